The number of rotatable bonds is 6. The van der Waals surface area contributed by atoms with Crippen molar-refractivity contribution in [3.63, 3.8) is 0 Å². The summed E-state index contributed by atoms with van der Waals surface area (Å²) in [6, 6.07) is 8.16. The molecule has 0 atom stereocenters. The van der Waals surface area contributed by atoms with Crippen LogP contribution in [0.2, 0.25) is 0 Å². The number of hydrogen-bond acceptors (Lipinski definition) is 3. The standard InChI is InChI=1S/C13H17BrN2OS/c14-11-1-3-12(4-2-11)18-6-5-13(17)16-9-10-7-15-8-10/h1-4,10,15H,5-9H2,(H,16,17). The monoisotopic (exact) mass is 328 g/mol. The van der Waals surface area contributed by atoms with Crippen LogP contribution < -0.4 is 10.6 Å². The maximum absolute atomic E-state index is 11.6. The highest BCUT2D eigenvalue weighted by Gasteiger charge is 2.16. The Morgan fingerprint density at radius 2 is 2.11 bits per heavy atom. The molecule has 0 unspecified atom stereocenters. The van der Waals surface area contributed by atoms with Crippen molar-refractivity contribution in [1.29, 1.82) is 0 Å². The van der Waals surface area contributed by atoms with Gasteiger partial charge in [-0.05, 0) is 24.3 Å². The number of benzene rings is 1. The normalized spacial score (nSPS) is 15.2. The maximum atomic E-state index is 11.6. The average Bonchev–Trinajstić information content (AvgIpc) is 2.30. The van der Waals surface area contributed by atoms with E-state index in [1.165, 1.54) is 4.90 Å². The van der Waals surface area contributed by atoms with Crippen molar-refractivity contribution in [2.45, 2.75) is 11.3 Å². The van der Waals surface area contributed by atoms with E-state index in [-0.39, 0.29) is 5.91 Å². The Kier molecular flexibility index (Phi) is 5.53. The second-order valence-electron chi connectivity index (χ2n) is 4.38. The minimum Gasteiger partial charge on any atom is -0.356 e. The predicted octanol–water partition coefficient (Wildman–Crippen LogP) is 2.27. The van der Waals surface area contributed by atoms with Crippen molar-refractivity contribution < 1.29 is 4.79 Å². The molecule has 3 nitrogen and oxygen atoms in total. The van der Waals surface area contributed by atoms with Gasteiger partial charge in [0.05, 0.1) is 0 Å². The molecule has 1 aliphatic rings. The van der Waals surface area contributed by atoms with Crippen molar-refractivity contribution >= 4 is 33.6 Å². The third-order valence-corrected chi connectivity index (χ3v) is 4.41. The lowest BCUT2D eigenvalue weighted by Gasteiger charge is -2.27. The van der Waals surface area contributed by atoms with Crippen molar-refractivity contribution in [2.75, 3.05) is 25.4 Å². The van der Waals surface area contributed by atoms with Gasteiger partial charge in [0.25, 0.3) is 0 Å². The Labute approximate surface area is 120 Å². The Morgan fingerprint density at radius 3 is 2.72 bits per heavy atom. The van der Waals surface area contributed by atoms with Gasteiger partial charge in [-0.3, -0.25) is 4.79 Å². The van der Waals surface area contributed by atoms with Gasteiger partial charge in [0.1, 0.15) is 0 Å². The van der Waals surface area contributed by atoms with Gasteiger partial charge in [0, 0.05) is 47.1 Å². The average molecular weight is 329 g/mol. The Morgan fingerprint density at radius 1 is 1.39 bits per heavy atom. The third kappa shape index (κ3) is 4.63. The van der Waals surface area contributed by atoms with Crippen LogP contribution in [0.25, 0.3) is 0 Å². The molecule has 0 aliphatic carbocycles. The number of carbonyl (C=O) groups excluding carboxylic acids is 1. The molecule has 1 aromatic carbocycles. The van der Waals surface area contributed by atoms with Gasteiger partial charge < -0.3 is 10.6 Å². The molecule has 2 N–H and O–H groups in total. The fraction of sp³-hybridized carbons (Fsp3) is 0.462. The zero-order valence-corrected chi connectivity index (χ0v) is 12.5. The summed E-state index contributed by atoms with van der Waals surface area (Å²) < 4.78 is 1.08. The first-order chi connectivity index (χ1) is 8.74. The molecule has 1 saturated heterocycles. The van der Waals surface area contributed by atoms with Gasteiger partial charge in [-0.25, -0.2) is 0 Å². The highest BCUT2D eigenvalue weighted by molar-refractivity contribution is 9.10. The van der Waals surface area contributed by atoms with Crippen LogP contribution >= 0.6 is 27.7 Å². The summed E-state index contributed by atoms with van der Waals surface area (Å²) in [7, 11) is 0. The first kappa shape index (κ1) is 13.9. The van der Waals surface area contributed by atoms with E-state index in [2.05, 4.69) is 38.7 Å². The molecule has 0 spiro atoms. The Hall–Kier alpha value is -0.520. The van der Waals surface area contributed by atoms with Crippen LogP contribution in [0.1, 0.15) is 6.42 Å². The first-order valence-electron chi connectivity index (χ1n) is 6.10. The number of halogens is 1. The van der Waals surface area contributed by atoms with Gasteiger partial charge in [-0.15, -0.1) is 11.8 Å². The summed E-state index contributed by atoms with van der Waals surface area (Å²) in [4.78, 5) is 12.8. The lowest BCUT2D eigenvalue weighted by molar-refractivity contribution is -0.120. The summed E-state index contributed by atoms with van der Waals surface area (Å²) in [6.45, 7) is 2.89. The summed E-state index contributed by atoms with van der Waals surface area (Å²) in [5, 5.41) is 6.18. The zero-order valence-electron chi connectivity index (χ0n) is 10.1. The van der Waals surface area contributed by atoms with Crippen LogP contribution in [0, 0.1) is 5.92 Å². The molecular formula is C13H17BrN2OS. The SMILES string of the molecule is O=C(CCSc1ccc(Br)cc1)NCC1CNC1. The maximum Gasteiger partial charge on any atom is 0.220 e. The molecule has 0 saturated carbocycles. The van der Waals surface area contributed by atoms with Crippen LogP contribution in [-0.4, -0.2) is 31.3 Å². The Balaban J connectivity index is 1.59. The molecule has 0 aromatic heterocycles. The van der Waals surface area contributed by atoms with E-state index >= 15 is 0 Å². The van der Waals surface area contributed by atoms with E-state index in [4.69, 9.17) is 0 Å². The smallest absolute Gasteiger partial charge is 0.220 e. The molecule has 2 rings (SSSR count). The van der Waals surface area contributed by atoms with Gasteiger partial charge in [0.15, 0.2) is 0 Å². The fourth-order valence-corrected chi connectivity index (χ4v) is 2.75. The number of hydrogen-bond donors (Lipinski definition) is 2. The van der Waals surface area contributed by atoms with Crippen molar-refractivity contribution in [1.82, 2.24) is 10.6 Å². The molecule has 18 heavy (non-hydrogen) atoms. The summed E-state index contributed by atoms with van der Waals surface area (Å²) >= 11 is 5.12. The number of amides is 1. The van der Waals surface area contributed by atoms with Crippen molar-refractivity contribution in [2.24, 2.45) is 5.92 Å². The molecule has 5 heteroatoms. The fourth-order valence-electron chi connectivity index (χ4n) is 1.63. The minimum atomic E-state index is 0.159. The van der Waals surface area contributed by atoms with Crippen LogP contribution in [0.3, 0.4) is 0 Å². The minimum absolute atomic E-state index is 0.159. The second-order valence-corrected chi connectivity index (χ2v) is 6.46. The van der Waals surface area contributed by atoms with Gasteiger partial charge >= 0.3 is 0 Å². The quantitative estimate of drug-likeness (QED) is 0.787. The lowest BCUT2D eigenvalue weighted by Crippen LogP contribution is -2.48. The van der Waals surface area contributed by atoms with E-state index in [0.29, 0.717) is 12.3 Å². The topological polar surface area (TPSA) is 41.1 Å². The van der Waals surface area contributed by atoms with Gasteiger partial charge in [-0.2, -0.15) is 0 Å². The van der Waals surface area contributed by atoms with Crippen LogP contribution in [0.15, 0.2) is 33.6 Å². The molecule has 1 fully saturated rings. The molecule has 0 radical (unpaired) electrons. The molecule has 1 heterocycles. The highest BCUT2D eigenvalue weighted by Crippen LogP contribution is 2.21. The zero-order chi connectivity index (χ0) is 12.8. The number of nitrogens with one attached hydrogen (secondary N) is 2. The first-order valence-corrected chi connectivity index (χ1v) is 7.87. The molecule has 0 bridgehead atoms. The van der Waals surface area contributed by atoms with E-state index in [0.717, 1.165) is 29.9 Å². The molecule has 1 amide bonds. The van der Waals surface area contributed by atoms with Crippen LogP contribution in [0.5, 0.6) is 0 Å². The molecular weight excluding hydrogens is 312 g/mol. The third-order valence-electron chi connectivity index (χ3n) is 2.87. The second kappa shape index (κ2) is 7.16. The summed E-state index contributed by atoms with van der Waals surface area (Å²) in [5.74, 6) is 1.62. The molecule has 98 valence electrons. The van der Waals surface area contributed by atoms with Crippen LogP contribution in [0.4, 0.5) is 0 Å². The summed E-state index contributed by atoms with van der Waals surface area (Å²) in [6.07, 6.45) is 0.584. The van der Waals surface area contributed by atoms with Gasteiger partial charge in [-0.1, -0.05) is 15.9 Å². The summed E-state index contributed by atoms with van der Waals surface area (Å²) in [5.41, 5.74) is 0. The van der Waals surface area contributed by atoms with E-state index in [1.54, 1.807) is 11.8 Å². The Bertz CT molecular complexity index is 392. The largest absolute Gasteiger partial charge is 0.356 e. The van der Waals surface area contributed by atoms with Crippen LogP contribution in [-0.2, 0) is 4.79 Å². The number of carbonyl (C=O) groups is 1. The van der Waals surface area contributed by atoms with E-state index < -0.39 is 0 Å². The van der Waals surface area contributed by atoms with Crippen molar-refractivity contribution in [3.8, 4) is 0 Å². The van der Waals surface area contributed by atoms with E-state index in [9.17, 15) is 4.79 Å². The predicted molar refractivity (Wildman–Crippen MR) is 78.9 cm³/mol. The molecule has 1 aliphatic heterocycles. The van der Waals surface area contributed by atoms with Crippen molar-refractivity contribution in [3.05, 3.63) is 28.7 Å². The van der Waals surface area contributed by atoms with E-state index in [1.807, 2.05) is 12.1 Å². The highest BCUT2D eigenvalue weighted by atomic mass is 79.9. The number of thioether (sulfide) groups is 1. The lowest BCUT2D eigenvalue weighted by atomic mass is 10.0. The van der Waals surface area contributed by atoms with Gasteiger partial charge in [0.2, 0.25) is 5.91 Å². The molecule has 1 aromatic rings.